The molecule has 1 aliphatic heterocycles. The standard InChI is InChI=1S/C18H22F3N2O6P/c19-18(20,21)17(26)23-14(9-8-12-5-2-1-3-6-12)30(27,28)11-15(24)29-16(25)13-7-4-10-22-13/h1-3,5-6,13-14,22H,4,7-11H2,(H,23,26)(H,27,28)/t13-,14?/m0/s1. The molecule has 2 unspecified atom stereocenters. The lowest BCUT2D eigenvalue weighted by atomic mass is 10.1. The van der Waals surface area contributed by atoms with Crippen LogP contribution in [-0.2, 0) is 30.1 Å². The zero-order chi connectivity index (χ0) is 22.4. The summed E-state index contributed by atoms with van der Waals surface area (Å²) >= 11 is 0. The van der Waals surface area contributed by atoms with E-state index in [1.54, 1.807) is 30.3 Å². The van der Waals surface area contributed by atoms with Crippen molar-refractivity contribution in [3.63, 3.8) is 0 Å². The van der Waals surface area contributed by atoms with E-state index in [1.807, 2.05) is 0 Å². The summed E-state index contributed by atoms with van der Waals surface area (Å²) in [6, 6.07) is 7.67. The van der Waals surface area contributed by atoms with Gasteiger partial charge in [-0.3, -0.25) is 14.2 Å². The molecule has 0 spiro atoms. The number of benzene rings is 1. The molecule has 12 heteroatoms. The number of hydrogen-bond donors (Lipinski definition) is 3. The van der Waals surface area contributed by atoms with Gasteiger partial charge in [0, 0.05) is 0 Å². The number of carbonyl (C=O) groups excluding carboxylic acids is 3. The fourth-order valence-electron chi connectivity index (χ4n) is 2.95. The average molecular weight is 450 g/mol. The van der Waals surface area contributed by atoms with E-state index in [0.717, 1.165) is 0 Å². The van der Waals surface area contributed by atoms with Crippen molar-refractivity contribution in [3.8, 4) is 0 Å². The number of alkyl halides is 3. The molecule has 1 aromatic carbocycles. The van der Waals surface area contributed by atoms with Crippen LogP contribution >= 0.6 is 7.37 Å². The van der Waals surface area contributed by atoms with E-state index >= 15 is 0 Å². The molecule has 0 radical (unpaired) electrons. The normalized spacial score (nSPS) is 19.5. The molecular weight excluding hydrogens is 428 g/mol. The summed E-state index contributed by atoms with van der Waals surface area (Å²) in [5.74, 6) is -6.50. The molecule has 1 aliphatic rings. The van der Waals surface area contributed by atoms with Crippen LogP contribution in [0.4, 0.5) is 13.2 Å². The molecule has 3 atom stereocenters. The quantitative estimate of drug-likeness (QED) is 0.313. The molecular formula is C18H22F3N2O6P. The fourth-order valence-corrected chi connectivity index (χ4v) is 4.46. The van der Waals surface area contributed by atoms with Crippen LogP contribution in [0.25, 0.3) is 0 Å². The van der Waals surface area contributed by atoms with Crippen LogP contribution in [0.2, 0.25) is 0 Å². The van der Waals surface area contributed by atoms with Gasteiger partial charge in [-0.25, -0.2) is 4.79 Å². The molecule has 30 heavy (non-hydrogen) atoms. The van der Waals surface area contributed by atoms with Gasteiger partial charge in [-0.2, -0.15) is 13.2 Å². The van der Waals surface area contributed by atoms with E-state index in [4.69, 9.17) is 0 Å². The maximum Gasteiger partial charge on any atom is 0.471 e. The zero-order valence-electron chi connectivity index (χ0n) is 15.9. The van der Waals surface area contributed by atoms with Gasteiger partial charge in [-0.15, -0.1) is 0 Å². The summed E-state index contributed by atoms with van der Waals surface area (Å²) in [6.07, 6.45) is -5.60. The van der Waals surface area contributed by atoms with Crippen LogP contribution in [0.3, 0.4) is 0 Å². The van der Waals surface area contributed by atoms with Crippen LogP contribution in [0.15, 0.2) is 30.3 Å². The average Bonchev–Trinajstić information content (AvgIpc) is 3.19. The number of aryl methyl sites for hydroxylation is 1. The van der Waals surface area contributed by atoms with Gasteiger partial charge in [0.2, 0.25) is 7.37 Å². The Morgan fingerprint density at radius 1 is 1.27 bits per heavy atom. The van der Waals surface area contributed by atoms with Gasteiger partial charge in [0.05, 0.1) is 0 Å². The van der Waals surface area contributed by atoms with Crippen molar-refractivity contribution in [1.29, 1.82) is 0 Å². The van der Waals surface area contributed by atoms with Crippen LogP contribution < -0.4 is 10.6 Å². The highest BCUT2D eigenvalue weighted by molar-refractivity contribution is 7.59. The van der Waals surface area contributed by atoms with E-state index in [1.165, 1.54) is 5.32 Å². The number of nitrogens with one attached hydrogen (secondary N) is 2. The first-order valence-electron chi connectivity index (χ1n) is 9.20. The summed E-state index contributed by atoms with van der Waals surface area (Å²) < 4.78 is 55.1. The number of hydrogen-bond acceptors (Lipinski definition) is 6. The molecule has 3 N–H and O–H groups in total. The first-order chi connectivity index (χ1) is 14.0. The summed E-state index contributed by atoms with van der Waals surface area (Å²) in [5, 5.41) is 4.29. The second kappa shape index (κ2) is 10.2. The number of halogens is 3. The van der Waals surface area contributed by atoms with E-state index < -0.39 is 49.4 Å². The minimum absolute atomic E-state index is 0.0775. The van der Waals surface area contributed by atoms with Crippen LogP contribution in [0.5, 0.6) is 0 Å². The third-order valence-corrected chi connectivity index (χ3v) is 6.58. The van der Waals surface area contributed by atoms with Crippen LogP contribution in [0.1, 0.15) is 24.8 Å². The minimum atomic E-state index is -5.27. The van der Waals surface area contributed by atoms with Crippen molar-refractivity contribution in [2.45, 2.75) is 43.7 Å². The third kappa shape index (κ3) is 7.23. The van der Waals surface area contributed by atoms with Crippen molar-refractivity contribution < 1.29 is 41.8 Å². The third-order valence-electron chi connectivity index (χ3n) is 4.51. The Kier molecular flexibility index (Phi) is 8.17. The SMILES string of the molecule is O=C(CP(=O)(O)C(CCc1ccccc1)NC(=O)C(F)(F)F)OC(=O)[C@@H]1CCCN1. The van der Waals surface area contributed by atoms with E-state index in [2.05, 4.69) is 10.1 Å². The van der Waals surface area contributed by atoms with Gasteiger partial charge in [-0.05, 0) is 37.8 Å². The Bertz CT molecular complexity index is 812. The molecule has 1 amide bonds. The van der Waals surface area contributed by atoms with E-state index in [-0.39, 0.29) is 12.8 Å². The maximum atomic E-state index is 12.7. The second-order valence-electron chi connectivity index (χ2n) is 6.87. The Hall–Kier alpha value is -2.23. The van der Waals surface area contributed by atoms with Crippen molar-refractivity contribution in [3.05, 3.63) is 35.9 Å². The first-order valence-corrected chi connectivity index (χ1v) is 11.1. The predicted molar refractivity (Wildman–Crippen MR) is 99.6 cm³/mol. The van der Waals surface area contributed by atoms with Crippen molar-refractivity contribution in [2.24, 2.45) is 0 Å². The molecule has 0 bridgehead atoms. The van der Waals surface area contributed by atoms with Gasteiger partial charge in [0.1, 0.15) is 18.0 Å². The lowest BCUT2D eigenvalue weighted by Crippen LogP contribution is -2.44. The highest BCUT2D eigenvalue weighted by atomic mass is 31.2. The number of ether oxygens (including phenoxy) is 1. The molecule has 1 aromatic rings. The molecule has 1 saturated heterocycles. The monoisotopic (exact) mass is 450 g/mol. The molecule has 0 aromatic heterocycles. The van der Waals surface area contributed by atoms with Crippen molar-refractivity contribution >= 4 is 25.2 Å². The van der Waals surface area contributed by atoms with Gasteiger partial charge in [-0.1, -0.05) is 30.3 Å². The number of amides is 1. The Labute approximate surface area is 170 Å². The maximum absolute atomic E-state index is 12.7. The molecule has 0 saturated carbocycles. The summed E-state index contributed by atoms with van der Waals surface area (Å²) in [4.78, 5) is 45.4. The van der Waals surface area contributed by atoms with Crippen LogP contribution in [-0.4, -0.2) is 53.4 Å². The van der Waals surface area contributed by atoms with Crippen LogP contribution in [0, 0.1) is 0 Å². The number of carbonyl (C=O) groups is 3. The lowest BCUT2D eigenvalue weighted by molar-refractivity contribution is -0.173. The fraction of sp³-hybridized carbons (Fsp3) is 0.500. The highest BCUT2D eigenvalue weighted by Gasteiger charge is 2.44. The highest BCUT2D eigenvalue weighted by Crippen LogP contribution is 2.47. The van der Waals surface area contributed by atoms with Crippen molar-refractivity contribution in [2.75, 3.05) is 12.7 Å². The summed E-state index contributed by atoms with van der Waals surface area (Å²) in [6.45, 7) is 0.553. The topological polar surface area (TPSA) is 122 Å². The van der Waals surface area contributed by atoms with E-state index in [9.17, 15) is 37.0 Å². The molecule has 166 valence electrons. The lowest BCUT2D eigenvalue weighted by Gasteiger charge is -2.24. The summed E-state index contributed by atoms with van der Waals surface area (Å²) in [7, 11) is -4.69. The van der Waals surface area contributed by atoms with Crippen molar-refractivity contribution in [1.82, 2.24) is 10.6 Å². The molecule has 1 heterocycles. The summed E-state index contributed by atoms with van der Waals surface area (Å²) in [5.41, 5.74) is 0.661. The molecule has 2 rings (SSSR count). The minimum Gasteiger partial charge on any atom is -0.392 e. The zero-order valence-corrected chi connectivity index (χ0v) is 16.7. The molecule has 8 nitrogen and oxygen atoms in total. The molecule has 0 aliphatic carbocycles. The smallest absolute Gasteiger partial charge is 0.392 e. The Morgan fingerprint density at radius 2 is 1.93 bits per heavy atom. The Balaban J connectivity index is 2.06. The predicted octanol–water partition coefficient (Wildman–Crippen LogP) is 1.72. The number of rotatable bonds is 8. The van der Waals surface area contributed by atoms with Gasteiger partial charge < -0.3 is 20.3 Å². The van der Waals surface area contributed by atoms with Gasteiger partial charge in [0.25, 0.3) is 0 Å². The van der Waals surface area contributed by atoms with Gasteiger partial charge in [0.15, 0.2) is 0 Å². The first kappa shape index (κ1) is 24.0. The second-order valence-corrected chi connectivity index (χ2v) is 9.32. The van der Waals surface area contributed by atoms with Gasteiger partial charge >= 0.3 is 24.0 Å². The largest absolute Gasteiger partial charge is 0.471 e. The molecule has 1 fully saturated rings. The Morgan fingerprint density at radius 3 is 2.50 bits per heavy atom. The number of esters is 2. The van der Waals surface area contributed by atoms with E-state index in [0.29, 0.717) is 24.9 Å².